The highest BCUT2D eigenvalue weighted by atomic mass is 16.6. The van der Waals surface area contributed by atoms with E-state index in [-0.39, 0.29) is 41.5 Å². The van der Waals surface area contributed by atoms with Crippen molar-refractivity contribution in [2.24, 2.45) is 5.73 Å². The van der Waals surface area contributed by atoms with Gasteiger partial charge in [-0.25, -0.2) is 14.4 Å². The van der Waals surface area contributed by atoms with E-state index in [9.17, 15) is 33.9 Å². The Balaban J connectivity index is 0.000000228. The summed E-state index contributed by atoms with van der Waals surface area (Å²) in [6.45, 7) is 25.4. The molecule has 432 valence electrons. The summed E-state index contributed by atoms with van der Waals surface area (Å²) in [5, 5.41) is 30.4. The van der Waals surface area contributed by atoms with Crippen molar-refractivity contribution in [3.8, 4) is 0 Å². The Morgan fingerprint density at radius 3 is 1.21 bits per heavy atom. The van der Waals surface area contributed by atoms with Crippen LogP contribution in [0.25, 0.3) is 0 Å². The number of amides is 4. The summed E-state index contributed by atoms with van der Waals surface area (Å²) >= 11 is 0. The van der Waals surface area contributed by atoms with Gasteiger partial charge in [-0.2, -0.15) is 0 Å². The molecule has 80 heavy (non-hydrogen) atoms. The highest BCUT2D eigenvalue weighted by Gasteiger charge is 2.45. The van der Waals surface area contributed by atoms with Gasteiger partial charge in [0.15, 0.2) is 0 Å². The van der Waals surface area contributed by atoms with E-state index < -0.39 is 53.5 Å². The number of hydrogen-bond donors (Lipinski definition) is 7. The molecule has 0 aromatic heterocycles. The van der Waals surface area contributed by atoms with Crippen LogP contribution in [-0.4, -0.2) is 137 Å². The Hall–Kier alpha value is -7.60. The first kappa shape index (κ1) is 64.9. The lowest BCUT2D eigenvalue weighted by Crippen LogP contribution is -2.49. The van der Waals surface area contributed by atoms with Crippen LogP contribution in [0, 0.1) is 0 Å². The lowest BCUT2D eigenvalue weighted by atomic mass is 9.91. The standard InChI is InChI=1S/C19H26N2O3.C16H21NO4.C14H18N2O.C11H13NO2.C3H7N/c1-5-12-20-17(22)16-15(14-9-7-6-8-10-14)11-13-21(16)18(23)24-19(2,3)4;1-16(2,3)21-15(20)17-10-9-12(13(17)14(18)19)11-7-5-4-6-8-11;1-2-9-16-14(17)13-12(8-10-15-13)11-6-4-3-5-7-11;13-11(14)10-9(6-7-12-10)8-4-2-1-3-5-8;1-2-3-4/h5-10,15-16H,1,11-13H2,2-4H3,(H,20,22);4-8,12-13H,9-10H2,1-3H3,(H,18,19);2-7,12-13,15H,1,8-10H2,(H,16,17);1-5,9-10,12H,6-7H2,(H,13,14);2H,1,3-4H2/t15-,16+;2*12-,13+;9-,10+;/m1111./s1. The lowest BCUT2D eigenvalue weighted by molar-refractivity contribution is -0.142. The van der Waals surface area contributed by atoms with Gasteiger partial charge in [-0.1, -0.05) is 140 Å². The fourth-order valence-electron chi connectivity index (χ4n) is 9.98. The Kier molecular flexibility index (Phi) is 26.3. The third-order valence-corrected chi connectivity index (χ3v) is 13.5. The van der Waals surface area contributed by atoms with Gasteiger partial charge >= 0.3 is 24.1 Å². The van der Waals surface area contributed by atoms with Crippen LogP contribution in [-0.2, 0) is 28.7 Å². The van der Waals surface area contributed by atoms with E-state index in [0.717, 1.165) is 49.0 Å². The molecule has 17 nitrogen and oxygen atoms in total. The molecule has 4 amide bonds. The number of benzene rings is 4. The second-order valence-corrected chi connectivity index (χ2v) is 21.6. The van der Waals surface area contributed by atoms with Crippen LogP contribution in [0.5, 0.6) is 0 Å². The van der Waals surface area contributed by atoms with Crippen LogP contribution in [0.2, 0.25) is 0 Å². The average Bonchev–Trinajstić information content (AvgIpc) is 4.30. The van der Waals surface area contributed by atoms with E-state index >= 15 is 0 Å². The van der Waals surface area contributed by atoms with Crippen molar-refractivity contribution in [1.29, 1.82) is 0 Å². The van der Waals surface area contributed by atoms with Crippen molar-refractivity contribution in [2.75, 3.05) is 45.8 Å². The summed E-state index contributed by atoms with van der Waals surface area (Å²) in [6.07, 6.45) is 7.24. The Bertz CT molecular complexity index is 2590. The molecule has 4 heterocycles. The minimum atomic E-state index is -0.993. The third kappa shape index (κ3) is 20.2. The molecule has 0 spiro atoms. The first-order chi connectivity index (χ1) is 38.2. The summed E-state index contributed by atoms with van der Waals surface area (Å²) in [7, 11) is 0. The quantitative estimate of drug-likeness (QED) is 0.0621. The second-order valence-electron chi connectivity index (χ2n) is 21.6. The number of aliphatic carboxylic acids is 2. The Labute approximate surface area is 473 Å². The topological polar surface area (TPSA) is 242 Å². The highest BCUT2D eigenvalue weighted by molar-refractivity contribution is 5.88. The molecule has 0 saturated carbocycles. The van der Waals surface area contributed by atoms with Gasteiger partial charge in [0, 0.05) is 56.4 Å². The largest absolute Gasteiger partial charge is 0.480 e. The van der Waals surface area contributed by atoms with E-state index in [1.165, 1.54) is 10.5 Å². The number of ether oxygens (including phenoxy) is 2. The van der Waals surface area contributed by atoms with E-state index in [0.29, 0.717) is 39.1 Å². The summed E-state index contributed by atoms with van der Waals surface area (Å²) in [4.78, 5) is 74.8. The molecule has 8 N–H and O–H groups in total. The van der Waals surface area contributed by atoms with Gasteiger partial charge in [-0.05, 0) is 103 Å². The third-order valence-electron chi connectivity index (χ3n) is 13.5. The molecular weight excluding hydrogens is 1010 g/mol. The summed E-state index contributed by atoms with van der Waals surface area (Å²) < 4.78 is 10.8. The maximum absolute atomic E-state index is 12.7. The molecule has 8 rings (SSSR count). The number of nitrogens with one attached hydrogen (secondary N) is 4. The predicted octanol–water partition coefficient (Wildman–Crippen LogP) is 8.73. The van der Waals surface area contributed by atoms with Gasteiger partial charge in [0.1, 0.15) is 29.3 Å². The zero-order valence-electron chi connectivity index (χ0n) is 47.4. The smallest absolute Gasteiger partial charge is 0.411 e. The molecule has 4 aromatic rings. The molecule has 0 aliphatic carbocycles. The number of likely N-dealkylation sites (tertiary alicyclic amines) is 2. The maximum atomic E-state index is 12.7. The number of nitrogens with zero attached hydrogens (tertiary/aromatic N) is 2. The SMILES string of the molecule is C=CCN.C=CCNC(=O)[C@@H]1[C@@H](c2ccccc2)CCN1C(=O)OC(C)(C)C.C=CCNC(=O)[C@H]1NCC[C@@H]1c1ccccc1.CC(C)(C)OC(=O)N1CC[C@H](c2ccccc2)[C@H]1C(=O)O.O=C(O)[C@H]1NCC[C@@H]1c1ccccc1. The van der Waals surface area contributed by atoms with E-state index in [1.54, 1.807) is 43.9 Å². The fraction of sp³-hybridized carbons (Fsp3) is 0.429. The minimum absolute atomic E-state index is 0.0384. The van der Waals surface area contributed by atoms with Crippen molar-refractivity contribution >= 4 is 35.9 Å². The van der Waals surface area contributed by atoms with Gasteiger partial charge in [0.25, 0.3) is 0 Å². The van der Waals surface area contributed by atoms with E-state index in [2.05, 4.69) is 53.1 Å². The summed E-state index contributed by atoms with van der Waals surface area (Å²) in [5.74, 6) is -1.69. The first-order valence-electron chi connectivity index (χ1n) is 27.4. The van der Waals surface area contributed by atoms with Crippen LogP contribution in [0.15, 0.2) is 159 Å². The van der Waals surface area contributed by atoms with Crippen LogP contribution >= 0.6 is 0 Å². The van der Waals surface area contributed by atoms with Gasteiger partial charge in [0.05, 0.1) is 6.04 Å². The molecule has 0 bridgehead atoms. The van der Waals surface area contributed by atoms with Crippen LogP contribution < -0.4 is 27.0 Å². The molecule has 4 saturated heterocycles. The number of hydrogen-bond acceptors (Lipinski definition) is 11. The first-order valence-corrected chi connectivity index (χ1v) is 27.4. The predicted molar refractivity (Wildman–Crippen MR) is 313 cm³/mol. The molecule has 0 unspecified atom stereocenters. The van der Waals surface area contributed by atoms with Crippen molar-refractivity contribution in [1.82, 2.24) is 31.1 Å². The number of carboxylic acids is 2. The van der Waals surface area contributed by atoms with Crippen molar-refractivity contribution < 1.29 is 48.5 Å². The monoisotopic (exact) mass is 1100 g/mol. The average molecular weight is 1100 g/mol. The number of carbonyl (C=O) groups excluding carboxylic acids is 4. The molecule has 4 fully saturated rings. The fourth-order valence-corrected chi connectivity index (χ4v) is 9.98. The zero-order chi connectivity index (χ0) is 58.8. The van der Waals surface area contributed by atoms with Gasteiger partial charge in [-0.3, -0.25) is 24.2 Å². The Morgan fingerprint density at radius 2 is 0.863 bits per heavy atom. The van der Waals surface area contributed by atoms with E-state index in [4.69, 9.17) is 20.3 Å². The van der Waals surface area contributed by atoms with Crippen LogP contribution in [0.1, 0.15) is 113 Å². The molecular formula is C63H85N7O10. The van der Waals surface area contributed by atoms with Crippen molar-refractivity contribution in [2.45, 2.75) is 126 Å². The van der Waals surface area contributed by atoms with Gasteiger partial charge in [-0.15, -0.1) is 19.7 Å². The summed E-state index contributed by atoms with van der Waals surface area (Å²) in [6, 6.07) is 37.4. The number of rotatable bonds is 13. The molecule has 17 heteroatoms. The van der Waals surface area contributed by atoms with Gasteiger partial charge < -0.3 is 46.7 Å². The lowest BCUT2D eigenvalue weighted by Gasteiger charge is -2.30. The van der Waals surface area contributed by atoms with Gasteiger partial charge in [0.2, 0.25) is 11.8 Å². The molecule has 4 aliphatic heterocycles. The molecule has 4 aliphatic rings. The maximum Gasteiger partial charge on any atom is 0.411 e. The molecule has 8 atom stereocenters. The molecule has 0 radical (unpaired) electrons. The highest BCUT2D eigenvalue weighted by Crippen LogP contribution is 2.36. The number of nitrogens with two attached hydrogens (primary N) is 1. The normalized spacial score (nSPS) is 21.8. The van der Waals surface area contributed by atoms with Crippen LogP contribution in [0.3, 0.4) is 0 Å². The summed E-state index contributed by atoms with van der Waals surface area (Å²) in [5.41, 5.74) is 8.03. The van der Waals surface area contributed by atoms with E-state index in [1.807, 2.05) is 130 Å². The number of carbonyl (C=O) groups is 6. The second kappa shape index (κ2) is 32.5. The number of carboxylic acid groups (broad SMARTS) is 2. The van der Waals surface area contributed by atoms with Crippen LogP contribution in [0.4, 0.5) is 9.59 Å². The minimum Gasteiger partial charge on any atom is -0.480 e. The van der Waals surface area contributed by atoms with Crippen molar-refractivity contribution in [3.05, 3.63) is 182 Å². The molecule has 4 aromatic carbocycles. The Morgan fingerprint density at radius 1 is 0.525 bits per heavy atom. The zero-order valence-corrected chi connectivity index (χ0v) is 47.4. The van der Waals surface area contributed by atoms with Crippen molar-refractivity contribution in [3.63, 3.8) is 0 Å².